The van der Waals surface area contributed by atoms with Crippen molar-refractivity contribution < 1.29 is 14.7 Å². The molecule has 0 saturated carbocycles. The maximum atomic E-state index is 11.6. The standard InChI is InChI=1S/C13H16N2O3/c16-12-8-11(13(17)18)9-15(12)7-1-2-10-3-5-14-6-4-10/h3-6,11H,1-2,7-9H2,(H,17,18). The summed E-state index contributed by atoms with van der Waals surface area (Å²) < 4.78 is 0. The maximum absolute atomic E-state index is 11.6. The fourth-order valence-electron chi connectivity index (χ4n) is 2.18. The summed E-state index contributed by atoms with van der Waals surface area (Å²) >= 11 is 0. The van der Waals surface area contributed by atoms with Crippen molar-refractivity contribution in [2.24, 2.45) is 5.92 Å². The molecule has 0 radical (unpaired) electrons. The van der Waals surface area contributed by atoms with Crippen molar-refractivity contribution in [1.29, 1.82) is 0 Å². The van der Waals surface area contributed by atoms with Crippen molar-refractivity contribution in [3.63, 3.8) is 0 Å². The molecule has 2 heterocycles. The second-order valence-corrected chi connectivity index (χ2v) is 4.54. The van der Waals surface area contributed by atoms with Crippen LogP contribution in [0.25, 0.3) is 0 Å². The number of likely N-dealkylation sites (tertiary alicyclic amines) is 1. The lowest BCUT2D eigenvalue weighted by Crippen LogP contribution is -2.27. The minimum Gasteiger partial charge on any atom is -0.481 e. The van der Waals surface area contributed by atoms with Crippen LogP contribution < -0.4 is 0 Å². The van der Waals surface area contributed by atoms with Gasteiger partial charge in [-0.15, -0.1) is 0 Å². The lowest BCUT2D eigenvalue weighted by molar-refractivity contribution is -0.141. The Bertz CT molecular complexity index is 433. The van der Waals surface area contributed by atoms with Crippen LogP contribution in [-0.4, -0.2) is 40.0 Å². The normalized spacial score (nSPS) is 19.2. The zero-order valence-corrected chi connectivity index (χ0v) is 10.1. The van der Waals surface area contributed by atoms with Crippen LogP contribution in [0.2, 0.25) is 0 Å². The van der Waals surface area contributed by atoms with Crippen LogP contribution in [0.4, 0.5) is 0 Å². The average Bonchev–Trinajstić information content (AvgIpc) is 2.73. The van der Waals surface area contributed by atoms with Crippen LogP contribution in [0, 0.1) is 5.92 Å². The topological polar surface area (TPSA) is 70.5 Å². The number of pyridine rings is 1. The molecule has 1 saturated heterocycles. The predicted molar refractivity (Wildman–Crippen MR) is 64.9 cm³/mol. The number of carbonyl (C=O) groups is 2. The second kappa shape index (κ2) is 5.62. The van der Waals surface area contributed by atoms with Crippen LogP contribution in [0.3, 0.4) is 0 Å². The Kier molecular flexibility index (Phi) is 3.92. The van der Waals surface area contributed by atoms with Gasteiger partial charge in [0.1, 0.15) is 0 Å². The number of rotatable bonds is 5. The third-order valence-corrected chi connectivity index (χ3v) is 3.21. The van der Waals surface area contributed by atoms with E-state index in [0.29, 0.717) is 13.1 Å². The van der Waals surface area contributed by atoms with Gasteiger partial charge in [0.2, 0.25) is 5.91 Å². The van der Waals surface area contributed by atoms with Gasteiger partial charge in [0.25, 0.3) is 0 Å². The van der Waals surface area contributed by atoms with E-state index in [1.165, 1.54) is 5.56 Å². The molecule has 0 spiro atoms. The Hall–Kier alpha value is -1.91. The summed E-state index contributed by atoms with van der Waals surface area (Å²) in [4.78, 5) is 28.0. The number of carboxylic acids is 1. The van der Waals surface area contributed by atoms with Gasteiger partial charge in [-0.05, 0) is 30.5 Å². The van der Waals surface area contributed by atoms with Crippen LogP contribution in [0.1, 0.15) is 18.4 Å². The lowest BCUT2D eigenvalue weighted by Gasteiger charge is -2.15. The molecule has 1 aromatic heterocycles. The second-order valence-electron chi connectivity index (χ2n) is 4.54. The van der Waals surface area contributed by atoms with Gasteiger partial charge < -0.3 is 10.0 Å². The molecule has 5 nitrogen and oxygen atoms in total. The number of hydrogen-bond donors (Lipinski definition) is 1. The zero-order valence-electron chi connectivity index (χ0n) is 10.1. The van der Waals surface area contributed by atoms with Crippen molar-refractivity contribution in [3.05, 3.63) is 30.1 Å². The van der Waals surface area contributed by atoms with Crippen molar-refractivity contribution in [1.82, 2.24) is 9.88 Å². The van der Waals surface area contributed by atoms with E-state index >= 15 is 0 Å². The minimum atomic E-state index is -0.875. The van der Waals surface area contributed by atoms with E-state index in [4.69, 9.17) is 5.11 Å². The molecule has 1 N–H and O–H groups in total. The number of carboxylic acid groups (broad SMARTS) is 1. The maximum Gasteiger partial charge on any atom is 0.308 e. The highest BCUT2D eigenvalue weighted by Gasteiger charge is 2.33. The number of aromatic nitrogens is 1. The monoisotopic (exact) mass is 248 g/mol. The fourth-order valence-corrected chi connectivity index (χ4v) is 2.18. The van der Waals surface area contributed by atoms with Crippen molar-refractivity contribution in [3.8, 4) is 0 Å². The molecule has 0 bridgehead atoms. The van der Waals surface area contributed by atoms with Gasteiger partial charge in [-0.2, -0.15) is 0 Å². The van der Waals surface area contributed by atoms with Crippen molar-refractivity contribution in [2.45, 2.75) is 19.3 Å². The van der Waals surface area contributed by atoms with Gasteiger partial charge in [0, 0.05) is 31.9 Å². The fraction of sp³-hybridized carbons (Fsp3) is 0.462. The number of hydrogen-bond acceptors (Lipinski definition) is 3. The highest BCUT2D eigenvalue weighted by Crippen LogP contribution is 2.18. The van der Waals surface area contributed by atoms with Gasteiger partial charge >= 0.3 is 5.97 Å². The Morgan fingerprint density at radius 1 is 1.44 bits per heavy atom. The van der Waals surface area contributed by atoms with Crippen molar-refractivity contribution >= 4 is 11.9 Å². The van der Waals surface area contributed by atoms with Gasteiger partial charge in [-0.3, -0.25) is 14.6 Å². The first-order valence-electron chi connectivity index (χ1n) is 6.06. The molecular weight excluding hydrogens is 232 g/mol. The summed E-state index contributed by atoms with van der Waals surface area (Å²) in [7, 11) is 0. The number of aliphatic carboxylic acids is 1. The van der Waals surface area contributed by atoms with Crippen LogP contribution in [0.5, 0.6) is 0 Å². The van der Waals surface area contributed by atoms with Crippen LogP contribution >= 0.6 is 0 Å². The van der Waals surface area contributed by atoms with E-state index in [0.717, 1.165) is 12.8 Å². The third-order valence-electron chi connectivity index (χ3n) is 3.21. The molecule has 1 unspecified atom stereocenters. The SMILES string of the molecule is O=C(O)C1CC(=O)N(CCCc2ccncc2)C1. The Balaban J connectivity index is 1.78. The van der Waals surface area contributed by atoms with E-state index in [-0.39, 0.29) is 12.3 Å². The number of nitrogens with zero attached hydrogens (tertiary/aromatic N) is 2. The summed E-state index contributed by atoms with van der Waals surface area (Å²) in [6, 6.07) is 3.90. The summed E-state index contributed by atoms with van der Waals surface area (Å²) in [5.74, 6) is -1.45. The van der Waals surface area contributed by atoms with E-state index in [9.17, 15) is 9.59 Å². The van der Waals surface area contributed by atoms with E-state index in [1.807, 2.05) is 12.1 Å². The zero-order chi connectivity index (χ0) is 13.0. The average molecular weight is 248 g/mol. The minimum absolute atomic E-state index is 0.0443. The Morgan fingerprint density at radius 2 is 2.17 bits per heavy atom. The summed E-state index contributed by atoms with van der Waals surface area (Å²) in [6.07, 6.45) is 5.37. The number of aryl methyl sites for hydroxylation is 1. The number of amides is 1. The highest BCUT2D eigenvalue weighted by atomic mass is 16.4. The lowest BCUT2D eigenvalue weighted by atomic mass is 10.1. The summed E-state index contributed by atoms with van der Waals surface area (Å²) in [5.41, 5.74) is 1.19. The van der Waals surface area contributed by atoms with E-state index in [1.54, 1.807) is 17.3 Å². The smallest absolute Gasteiger partial charge is 0.308 e. The first-order valence-corrected chi connectivity index (χ1v) is 6.06. The predicted octanol–water partition coefficient (Wildman–Crippen LogP) is 0.947. The molecular formula is C13H16N2O3. The molecule has 1 aliphatic heterocycles. The first-order chi connectivity index (χ1) is 8.66. The highest BCUT2D eigenvalue weighted by molar-refractivity contribution is 5.86. The van der Waals surface area contributed by atoms with Gasteiger partial charge in [0.05, 0.1) is 5.92 Å². The molecule has 1 atom stereocenters. The molecule has 1 aliphatic rings. The quantitative estimate of drug-likeness (QED) is 0.842. The molecule has 0 aliphatic carbocycles. The van der Waals surface area contributed by atoms with Crippen LogP contribution in [-0.2, 0) is 16.0 Å². The van der Waals surface area contributed by atoms with Crippen LogP contribution in [0.15, 0.2) is 24.5 Å². The molecule has 18 heavy (non-hydrogen) atoms. The summed E-state index contributed by atoms with van der Waals surface area (Å²) in [6.45, 7) is 0.982. The third kappa shape index (κ3) is 3.06. The molecule has 1 fully saturated rings. The van der Waals surface area contributed by atoms with Gasteiger partial charge in [-0.25, -0.2) is 0 Å². The molecule has 0 aromatic carbocycles. The van der Waals surface area contributed by atoms with Gasteiger partial charge in [-0.1, -0.05) is 0 Å². The molecule has 1 amide bonds. The molecule has 2 rings (SSSR count). The molecule has 1 aromatic rings. The molecule has 96 valence electrons. The summed E-state index contributed by atoms with van der Waals surface area (Å²) in [5, 5.41) is 8.87. The largest absolute Gasteiger partial charge is 0.481 e. The van der Waals surface area contributed by atoms with Gasteiger partial charge in [0.15, 0.2) is 0 Å². The van der Waals surface area contributed by atoms with E-state index < -0.39 is 11.9 Å². The molecule has 5 heteroatoms. The first kappa shape index (κ1) is 12.5. The Labute approximate surface area is 105 Å². The van der Waals surface area contributed by atoms with E-state index in [2.05, 4.69) is 4.98 Å². The van der Waals surface area contributed by atoms with Crippen molar-refractivity contribution in [2.75, 3.05) is 13.1 Å². The Morgan fingerprint density at radius 3 is 2.78 bits per heavy atom. The number of carbonyl (C=O) groups excluding carboxylic acids is 1.